The van der Waals surface area contributed by atoms with Gasteiger partial charge in [0.1, 0.15) is 0 Å². The van der Waals surface area contributed by atoms with Crippen molar-refractivity contribution in [3.8, 4) is 0 Å². The second-order valence-electron chi connectivity index (χ2n) is 7.05. The van der Waals surface area contributed by atoms with Crippen molar-refractivity contribution in [2.45, 2.75) is 32.2 Å². The zero-order valence-corrected chi connectivity index (χ0v) is 15.8. The van der Waals surface area contributed by atoms with E-state index in [1.807, 2.05) is 0 Å². The van der Waals surface area contributed by atoms with Gasteiger partial charge in [0.05, 0.1) is 17.4 Å². The van der Waals surface area contributed by atoms with Crippen molar-refractivity contribution >= 4 is 11.4 Å². The molecule has 1 aliphatic heterocycles. The number of hydrazine groups is 1. The van der Waals surface area contributed by atoms with Crippen LogP contribution in [0.15, 0.2) is 91.0 Å². The number of rotatable bonds is 6. The molecule has 0 fully saturated rings. The Labute approximate surface area is 162 Å². The number of unbranched alkanes of at least 4 members (excludes halogenated alkanes) is 1. The van der Waals surface area contributed by atoms with Gasteiger partial charge < -0.3 is 0 Å². The Morgan fingerprint density at radius 2 is 1.48 bits per heavy atom. The summed E-state index contributed by atoms with van der Waals surface area (Å²) in [5.74, 6) is 0. The molecule has 0 saturated carbocycles. The molecule has 4 rings (SSSR count). The van der Waals surface area contributed by atoms with Crippen LogP contribution in [0.2, 0.25) is 0 Å². The first-order valence-corrected chi connectivity index (χ1v) is 9.82. The average Bonchev–Trinajstić information content (AvgIpc) is 3.19. The average molecular weight is 354 g/mol. The van der Waals surface area contributed by atoms with Crippen LogP contribution < -0.4 is 10.4 Å². The number of anilines is 1. The zero-order valence-electron chi connectivity index (χ0n) is 15.8. The van der Waals surface area contributed by atoms with Crippen molar-refractivity contribution in [3.05, 3.63) is 108 Å². The fourth-order valence-corrected chi connectivity index (χ4v) is 3.57. The molecule has 0 bridgehead atoms. The minimum atomic E-state index is 0.170. The fraction of sp³-hybridized carbons (Fsp3) is 0.200. The van der Waals surface area contributed by atoms with E-state index in [0.717, 1.165) is 17.8 Å². The van der Waals surface area contributed by atoms with Gasteiger partial charge in [0.2, 0.25) is 0 Å². The molecule has 1 aliphatic rings. The van der Waals surface area contributed by atoms with Gasteiger partial charge in [-0.1, -0.05) is 86.1 Å². The van der Waals surface area contributed by atoms with Crippen molar-refractivity contribution in [2.75, 3.05) is 5.01 Å². The Balaban J connectivity index is 1.63. The molecule has 2 nitrogen and oxygen atoms in total. The first-order valence-electron chi connectivity index (χ1n) is 9.82. The number of nitrogens with zero attached hydrogens (tertiary/aromatic N) is 1. The summed E-state index contributed by atoms with van der Waals surface area (Å²) in [6.07, 6.45) is 5.97. The second kappa shape index (κ2) is 8.13. The van der Waals surface area contributed by atoms with Crippen LogP contribution in [-0.2, 0) is 6.42 Å². The van der Waals surface area contributed by atoms with Gasteiger partial charge in [-0.05, 0) is 47.7 Å². The van der Waals surface area contributed by atoms with Crippen LogP contribution in [0.1, 0.15) is 42.5 Å². The normalized spacial score (nSPS) is 16.1. The number of hydrogen-bond donors (Lipinski definition) is 1. The molecule has 27 heavy (non-hydrogen) atoms. The van der Waals surface area contributed by atoms with Crippen LogP contribution in [0.25, 0.3) is 5.70 Å². The standard InChI is InChI=1S/C25H26N2/c1-2-3-10-20-15-17-21(18-16-20)24-19-25(22-11-6-4-7-12-22)27(26-24)23-13-8-5-9-14-23/h4-9,11-19,25-26H,2-3,10H2,1H3. The van der Waals surface area contributed by atoms with E-state index < -0.39 is 0 Å². The lowest BCUT2D eigenvalue weighted by molar-refractivity contribution is 0.724. The summed E-state index contributed by atoms with van der Waals surface area (Å²) in [7, 11) is 0. The fourth-order valence-electron chi connectivity index (χ4n) is 3.57. The minimum Gasteiger partial charge on any atom is -0.297 e. The molecule has 0 radical (unpaired) electrons. The summed E-state index contributed by atoms with van der Waals surface area (Å²) in [6, 6.07) is 30.3. The highest BCUT2D eigenvalue weighted by Crippen LogP contribution is 2.34. The topological polar surface area (TPSA) is 15.3 Å². The highest BCUT2D eigenvalue weighted by Gasteiger charge is 2.26. The Hall–Kier alpha value is -3.00. The van der Waals surface area contributed by atoms with Gasteiger partial charge in [-0.3, -0.25) is 10.4 Å². The number of benzene rings is 3. The molecule has 0 amide bonds. The summed E-state index contributed by atoms with van der Waals surface area (Å²) < 4.78 is 0. The van der Waals surface area contributed by atoms with Crippen LogP contribution in [0, 0.1) is 0 Å². The van der Waals surface area contributed by atoms with Crippen LogP contribution >= 0.6 is 0 Å². The van der Waals surface area contributed by atoms with E-state index in [1.54, 1.807) is 0 Å². The maximum atomic E-state index is 3.63. The third-order valence-electron chi connectivity index (χ3n) is 5.10. The molecule has 1 N–H and O–H groups in total. The van der Waals surface area contributed by atoms with E-state index >= 15 is 0 Å². The Kier molecular flexibility index (Phi) is 5.24. The summed E-state index contributed by atoms with van der Waals surface area (Å²) in [5.41, 5.74) is 9.88. The molecular weight excluding hydrogens is 328 g/mol. The van der Waals surface area contributed by atoms with E-state index in [9.17, 15) is 0 Å². The third-order valence-corrected chi connectivity index (χ3v) is 5.10. The van der Waals surface area contributed by atoms with Crippen molar-refractivity contribution < 1.29 is 0 Å². The van der Waals surface area contributed by atoms with Gasteiger partial charge in [0.25, 0.3) is 0 Å². The van der Waals surface area contributed by atoms with E-state index in [4.69, 9.17) is 0 Å². The first-order chi connectivity index (χ1) is 13.3. The molecule has 1 atom stereocenters. The number of para-hydroxylation sites is 1. The largest absolute Gasteiger partial charge is 0.297 e. The van der Waals surface area contributed by atoms with Crippen LogP contribution in [0.3, 0.4) is 0 Å². The lowest BCUT2D eigenvalue weighted by Gasteiger charge is -2.27. The molecule has 2 heteroatoms. The highest BCUT2D eigenvalue weighted by molar-refractivity contribution is 5.72. The molecule has 3 aromatic rings. The van der Waals surface area contributed by atoms with Crippen molar-refractivity contribution in [1.29, 1.82) is 0 Å². The Bertz CT molecular complexity index is 883. The van der Waals surface area contributed by atoms with Gasteiger partial charge in [0.15, 0.2) is 0 Å². The predicted molar refractivity (Wildman–Crippen MR) is 114 cm³/mol. The van der Waals surface area contributed by atoms with E-state index in [0.29, 0.717) is 0 Å². The maximum Gasteiger partial charge on any atom is 0.0958 e. The Morgan fingerprint density at radius 1 is 0.815 bits per heavy atom. The predicted octanol–water partition coefficient (Wildman–Crippen LogP) is 6.14. The second-order valence-corrected chi connectivity index (χ2v) is 7.05. The lowest BCUT2D eigenvalue weighted by atomic mass is 10.0. The number of nitrogens with one attached hydrogen (secondary N) is 1. The summed E-state index contributed by atoms with van der Waals surface area (Å²) in [6.45, 7) is 2.24. The highest BCUT2D eigenvalue weighted by atomic mass is 15.5. The quantitative estimate of drug-likeness (QED) is 0.572. The molecule has 3 aromatic carbocycles. The number of aryl methyl sites for hydroxylation is 1. The van der Waals surface area contributed by atoms with Gasteiger partial charge >= 0.3 is 0 Å². The van der Waals surface area contributed by atoms with Crippen molar-refractivity contribution in [2.24, 2.45) is 0 Å². The zero-order chi connectivity index (χ0) is 18.5. The molecule has 0 saturated heterocycles. The maximum absolute atomic E-state index is 3.63. The summed E-state index contributed by atoms with van der Waals surface area (Å²) >= 11 is 0. The third kappa shape index (κ3) is 3.90. The molecule has 0 spiro atoms. The van der Waals surface area contributed by atoms with Crippen LogP contribution in [0.5, 0.6) is 0 Å². The van der Waals surface area contributed by atoms with Crippen LogP contribution in [-0.4, -0.2) is 0 Å². The van der Waals surface area contributed by atoms with Gasteiger partial charge in [-0.25, -0.2) is 0 Å². The first kappa shape index (κ1) is 17.4. The van der Waals surface area contributed by atoms with Gasteiger partial charge in [0, 0.05) is 0 Å². The monoisotopic (exact) mass is 354 g/mol. The van der Waals surface area contributed by atoms with Crippen molar-refractivity contribution in [1.82, 2.24) is 5.43 Å². The lowest BCUT2D eigenvalue weighted by Crippen LogP contribution is -2.33. The Morgan fingerprint density at radius 3 is 2.15 bits per heavy atom. The molecule has 1 heterocycles. The molecular formula is C25H26N2. The summed E-state index contributed by atoms with van der Waals surface area (Å²) in [4.78, 5) is 0. The van der Waals surface area contributed by atoms with E-state index in [1.165, 1.54) is 29.5 Å². The summed E-state index contributed by atoms with van der Waals surface area (Å²) in [5, 5.41) is 2.25. The van der Waals surface area contributed by atoms with E-state index in [-0.39, 0.29) is 6.04 Å². The molecule has 1 unspecified atom stereocenters. The molecule has 0 aromatic heterocycles. The van der Waals surface area contributed by atoms with Crippen molar-refractivity contribution in [3.63, 3.8) is 0 Å². The molecule has 136 valence electrons. The minimum absolute atomic E-state index is 0.170. The van der Waals surface area contributed by atoms with Crippen LogP contribution in [0.4, 0.5) is 5.69 Å². The SMILES string of the molecule is CCCCc1ccc(C2=CC(c3ccccc3)N(c3ccccc3)N2)cc1. The van der Waals surface area contributed by atoms with E-state index in [2.05, 4.69) is 108 Å². The van der Waals surface area contributed by atoms with Gasteiger partial charge in [-0.15, -0.1) is 0 Å². The molecule has 0 aliphatic carbocycles. The smallest absolute Gasteiger partial charge is 0.0958 e. The number of hydrogen-bond acceptors (Lipinski definition) is 2. The van der Waals surface area contributed by atoms with Gasteiger partial charge in [-0.2, -0.15) is 0 Å².